The van der Waals surface area contributed by atoms with Crippen LogP contribution in [-0.4, -0.2) is 60.0 Å². The average Bonchev–Trinajstić information content (AvgIpc) is 3.04. The Morgan fingerprint density at radius 3 is 2.52 bits per heavy atom. The maximum Gasteiger partial charge on any atom is 0.184 e. The highest BCUT2D eigenvalue weighted by molar-refractivity contribution is 7.80. The number of rotatable bonds is 8. The summed E-state index contributed by atoms with van der Waals surface area (Å²) < 4.78 is 7.30. The van der Waals surface area contributed by atoms with E-state index in [1.54, 1.807) is 0 Å². The summed E-state index contributed by atoms with van der Waals surface area (Å²) in [6.07, 6.45) is 3.63. The summed E-state index contributed by atoms with van der Waals surface area (Å²) in [6.45, 7) is -0.390. The van der Waals surface area contributed by atoms with Crippen molar-refractivity contribution in [3.63, 3.8) is 0 Å². The summed E-state index contributed by atoms with van der Waals surface area (Å²) in [4.78, 5) is 12.2. The predicted octanol–water partition coefficient (Wildman–Crippen LogP) is -2.08. The molecule has 0 aromatic carbocycles. The predicted molar refractivity (Wildman–Crippen MR) is 108 cm³/mol. The van der Waals surface area contributed by atoms with Gasteiger partial charge in [-0.1, -0.05) is 0 Å². The molecule has 13 nitrogen and oxygen atoms in total. The molecule has 2 heterocycles. The number of imidazole rings is 1. The number of nitrogen functional groups attached to an aromatic ring is 1. The van der Waals surface area contributed by atoms with E-state index in [1.807, 2.05) is 0 Å². The van der Waals surface area contributed by atoms with Crippen LogP contribution >= 0.6 is 24.4 Å². The Hall–Kier alpha value is -3.01. The number of hydrazone groups is 2. The van der Waals surface area contributed by atoms with Gasteiger partial charge >= 0.3 is 0 Å². The lowest BCUT2D eigenvalue weighted by atomic mass is 10.4. The van der Waals surface area contributed by atoms with Crippen LogP contribution in [0.1, 0.15) is 6.23 Å². The minimum Gasteiger partial charge on any atom is -0.393 e. The van der Waals surface area contributed by atoms with E-state index in [1.165, 1.54) is 29.7 Å². The van der Waals surface area contributed by atoms with Gasteiger partial charge in [-0.3, -0.25) is 15.4 Å². The Morgan fingerprint density at radius 1 is 1.22 bits per heavy atom. The molecule has 0 saturated heterocycles. The second-order valence-electron chi connectivity index (χ2n) is 4.84. The lowest BCUT2D eigenvalue weighted by Gasteiger charge is -2.19. The fourth-order valence-electron chi connectivity index (χ4n) is 1.88. The number of hydrogen-bond acceptors (Lipinski definition) is 10. The van der Waals surface area contributed by atoms with Gasteiger partial charge in [0.05, 0.1) is 25.4 Å². The van der Waals surface area contributed by atoms with Gasteiger partial charge < -0.3 is 27.0 Å². The van der Waals surface area contributed by atoms with Crippen LogP contribution in [0.3, 0.4) is 0 Å². The largest absolute Gasteiger partial charge is 0.393 e. The summed E-state index contributed by atoms with van der Waals surface area (Å²) >= 11 is 9.34. The van der Waals surface area contributed by atoms with Gasteiger partial charge in [0.1, 0.15) is 17.9 Å². The molecule has 0 fully saturated rings. The van der Waals surface area contributed by atoms with Crippen molar-refractivity contribution in [2.75, 3.05) is 12.3 Å². The van der Waals surface area contributed by atoms with Gasteiger partial charge in [0.15, 0.2) is 27.9 Å². The van der Waals surface area contributed by atoms with Gasteiger partial charge in [-0.15, -0.1) is 0 Å². The van der Waals surface area contributed by atoms with E-state index >= 15 is 0 Å². The number of nitrogens with two attached hydrogens (primary N) is 3. The van der Waals surface area contributed by atoms with Gasteiger partial charge in [-0.2, -0.15) is 10.2 Å². The van der Waals surface area contributed by atoms with Crippen LogP contribution in [0.2, 0.25) is 0 Å². The first kappa shape index (κ1) is 20.3. The zero-order chi connectivity index (χ0) is 19.8. The Balaban J connectivity index is 2.31. The van der Waals surface area contributed by atoms with Crippen LogP contribution < -0.4 is 28.1 Å². The molecule has 2 aromatic rings. The van der Waals surface area contributed by atoms with E-state index in [4.69, 9.17) is 34.2 Å². The maximum absolute atomic E-state index is 9.53. The molecule has 0 bridgehead atoms. The molecule has 9 N–H and O–H groups in total. The molecule has 2 aromatic heterocycles. The molecular weight excluding hydrogens is 394 g/mol. The zero-order valence-corrected chi connectivity index (χ0v) is 15.4. The quantitative estimate of drug-likeness (QED) is 0.158. The second-order valence-corrected chi connectivity index (χ2v) is 5.72. The summed E-state index contributed by atoms with van der Waals surface area (Å²) in [5.74, 6) is 0.205. The molecule has 15 heteroatoms. The number of thiocarbonyl (C=S) groups is 2. The van der Waals surface area contributed by atoms with E-state index in [9.17, 15) is 5.11 Å². The first-order chi connectivity index (χ1) is 12.9. The lowest BCUT2D eigenvalue weighted by Crippen LogP contribution is -2.30. The number of anilines is 1. The summed E-state index contributed by atoms with van der Waals surface area (Å²) in [5, 5.41) is 17.1. The van der Waals surface area contributed by atoms with Crippen LogP contribution in [0.4, 0.5) is 5.82 Å². The molecule has 144 valence electrons. The van der Waals surface area contributed by atoms with E-state index < -0.39 is 12.3 Å². The maximum atomic E-state index is 9.53. The highest BCUT2D eigenvalue weighted by Gasteiger charge is 2.19. The number of aliphatic hydroxyl groups is 1. The highest BCUT2D eigenvalue weighted by atomic mass is 32.1. The van der Waals surface area contributed by atoms with Gasteiger partial charge in [0.2, 0.25) is 0 Å². The van der Waals surface area contributed by atoms with Crippen molar-refractivity contribution in [3.05, 3.63) is 12.7 Å². The second kappa shape index (κ2) is 9.62. The number of nitrogens with zero attached hydrogens (tertiary/aromatic N) is 6. The number of aromatic nitrogens is 4. The lowest BCUT2D eigenvalue weighted by molar-refractivity contribution is 0.00129. The van der Waals surface area contributed by atoms with Crippen molar-refractivity contribution in [1.82, 2.24) is 30.4 Å². The van der Waals surface area contributed by atoms with Crippen LogP contribution in [0.5, 0.6) is 0 Å². The standard InChI is InChI=1S/C12H17N11O2S2/c13-9-8-10(17-4-16-9)23(5-18-8)7(2-20-22-12(15)27)25-6(3-24)1-19-21-11(14)26/h1-2,4-7,24H,3H2,(H2,13,16,17)(H3,14,21,26)(H3,15,22,27)/b19-1-,20-2-/t6-,7-/m1/s1. The van der Waals surface area contributed by atoms with Crippen molar-refractivity contribution < 1.29 is 9.84 Å². The topological polar surface area (TPSA) is 200 Å². The Morgan fingerprint density at radius 2 is 1.89 bits per heavy atom. The first-order valence-electron chi connectivity index (χ1n) is 7.29. The molecule has 0 amide bonds. The summed E-state index contributed by atoms with van der Waals surface area (Å²) in [7, 11) is 0. The number of fused-ring (bicyclic) bond motifs is 1. The molecule has 0 aliphatic rings. The molecule has 2 rings (SSSR count). The molecule has 27 heavy (non-hydrogen) atoms. The number of nitrogens with one attached hydrogen (secondary N) is 2. The van der Waals surface area contributed by atoms with E-state index in [0.717, 1.165) is 0 Å². The van der Waals surface area contributed by atoms with Crippen molar-refractivity contribution in [3.8, 4) is 0 Å². The van der Waals surface area contributed by atoms with E-state index in [2.05, 4.69) is 48.2 Å². The smallest absolute Gasteiger partial charge is 0.184 e. The molecule has 0 aliphatic carbocycles. The van der Waals surface area contributed by atoms with Crippen LogP contribution in [0, 0.1) is 0 Å². The molecular formula is C12H17N11O2S2. The first-order valence-corrected chi connectivity index (χ1v) is 8.10. The summed E-state index contributed by atoms with van der Waals surface area (Å²) in [6, 6.07) is 0. The van der Waals surface area contributed by atoms with Gasteiger partial charge in [0.25, 0.3) is 0 Å². The summed E-state index contributed by atoms with van der Waals surface area (Å²) in [5.41, 5.74) is 22.0. The van der Waals surface area contributed by atoms with E-state index in [-0.39, 0.29) is 22.6 Å². The Bertz CT molecular complexity index is 868. The number of hydrogen-bond donors (Lipinski definition) is 6. The Labute approximate surface area is 163 Å². The fraction of sp³-hybridized carbons (Fsp3) is 0.250. The minimum absolute atomic E-state index is 0.0329. The third-order valence-corrected chi connectivity index (χ3v) is 3.13. The Kier molecular flexibility index (Phi) is 7.24. The molecule has 0 radical (unpaired) electrons. The molecule has 0 saturated carbocycles. The third kappa shape index (κ3) is 5.74. The molecule has 0 spiro atoms. The monoisotopic (exact) mass is 411 g/mol. The van der Waals surface area contributed by atoms with Crippen molar-refractivity contribution in [2.24, 2.45) is 21.7 Å². The van der Waals surface area contributed by atoms with Crippen LogP contribution in [0.15, 0.2) is 22.9 Å². The average molecular weight is 411 g/mol. The highest BCUT2D eigenvalue weighted by Crippen LogP contribution is 2.19. The van der Waals surface area contributed by atoms with Gasteiger partial charge in [-0.25, -0.2) is 15.0 Å². The van der Waals surface area contributed by atoms with E-state index in [0.29, 0.717) is 11.2 Å². The normalized spacial score (nSPS) is 13.8. The van der Waals surface area contributed by atoms with Crippen molar-refractivity contribution >= 4 is 64.1 Å². The number of aliphatic hydroxyl groups excluding tert-OH is 1. The third-order valence-electron chi connectivity index (χ3n) is 2.95. The molecule has 0 unspecified atom stereocenters. The minimum atomic E-state index is -0.875. The van der Waals surface area contributed by atoms with Crippen LogP contribution in [0.25, 0.3) is 11.2 Å². The molecule has 2 atom stereocenters. The number of ether oxygens (including phenoxy) is 1. The van der Waals surface area contributed by atoms with Crippen LogP contribution in [-0.2, 0) is 4.74 Å². The van der Waals surface area contributed by atoms with Gasteiger partial charge in [0, 0.05) is 0 Å². The van der Waals surface area contributed by atoms with Crippen molar-refractivity contribution in [2.45, 2.75) is 12.3 Å². The SMILES string of the molecule is NC(=S)N/N=C\[C@H](CO)O[C@H](/C=N\NC(N)=S)n1cnc2c(N)ncnc21. The van der Waals surface area contributed by atoms with Crippen molar-refractivity contribution in [1.29, 1.82) is 0 Å². The fourth-order valence-corrected chi connectivity index (χ4v) is 1.99. The molecule has 0 aliphatic heterocycles. The van der Waals surface area contributed by atoms with Gasteiger partial charge in [-0.05, 0) is 24.4 Å². The zero-order valence-electron chi connectivity index (χ0n) is 13.8.